The highest BCUT2D eigenvalue weighted by atomic mass is 79.9. The summed E-state index contributed by atoms with van der Waals surface area (Å²) in [5, 5.41) is 3.00. The van der Waals surface area contributed by atoms with Crippen LogP contribution < -0.4 is 10.2 Å². The molecule has 1 aliphatic rings. The van der Waals surface area contributed by atoms with Crippen molar-refractivity contribution in [3.63, 3.8) is 0 Å². The summed E-state index contributed by atoms with van der Waals surface area (Å²) in [7, 11) is 0. The Morgan fingerprint density at radius 3 is 2.91 bits per heavy atom. The summed E-state index contributed by atoms with van der Waals surface area (Å²) in [6, 6.07) is 14.3. The summed E-state index contributed by atoms with van der Waals surface area (Å²) in [4.78, 5) is 14.5. The SMILES string of the molecule is Cc1cc(Br)ccc1NC(=O)CCN1CCc2ccccc21. The zero-order valence-corrected chi connectivity index (χ0v) is 14.2. The molecule has 0 unspecified atom stereocenters. The smallest absolute Gasteiger partial charge is 0.226 e. The first kappa shape index (κ1) is 15.1. The zero-order valence-electron chi connectivity index (χ0n) is 12.6. The van der Waals surface area contributed by atoms with Gasteiger partial charge in [-0.05, 0) is 48.7 Å². The number of para-hydroxylation sites is 1. The van der Waals surface area contributed by atoms with Gasteiger partial charge in [0.25, 0.3) is 0 Å². The molecular weight excluding hydrogens is 340 g/mol. The maximum atomic E-state index is 12.2. The summed E-state index contributed by atoms with van der Waals surface area (Å²) in [6.07, 6.45) is 1.58. The summed E-state index contributed by atoms with van der Waals surface area (Å²) >= 11 is 3.43. The molecule has 0 spiro atoms. The van der Waals surface area contributed by atoms with Crippen LogP contribution in [0.5, 0.6) is 0 Å². The fraction of sp³-hybridized carbons (Fsp3) is 0.278. The molecule has 0 fully saturated rings. The molecule has 1 heterocycles. The largest absolute Gasteiger partial charge is 0.370 e. The van der Waals surface area contributed by atoms with Gasteiger partial charge in [-0.2, -0.15) is 0 Å². The number of fused-ring (bicyclic) bond motifs is 1. The lowest BCUT2D eigenvalue weighted by atomic mass is 10.2. The number of hydrogen-bond acceptors (Lipinski definition) is 2. The van der Waals surface area contributed by atoms with Gasteiger partial charge in [0.15, 0.2) is 0 Å². The molecule has 0 radical (unpaired) electrons. The van der Waals surface area contributed by atoms with Crippen LogP contribution in [0.3, 0.4) is 0 Å². The highest BCUT2D eigenvalue weighted by Gasteiger charge is 2.18. The molecule has 22 heavy (non-hydrogen) atoms. The Morgan fingerprint density at radius 1 is 1.27 bits per heavy atom. The monoisotopic (exact) mass is 358 g/mol. The van der Waals surface area contributed by atoms with E-state index in [-0.39, 0.29) is 5.91 Å². The van der Waals surface area contributed by atoms with Gasteiger partial charge in [-0.25, -0.2) is 0 Å². The second-order valence-electron chi connectivity index (χ2n) is 5.62. The van der Waals surface area contributed by atoms with Gasteiger partial charge in [0.1, 0.15) is 0 Å². The fourth-order valence-electron chi connectivity index (χ4n) is 2.86. The number of carbonyl (C=O) groups excluding carboxylic acids is 1. The third kappa shape index (κ3) is 3.33. The van der Waals surface area contributed by atoms with Gasteiger partial charge in [-0.3, -0.25) is 4.79 Å². The highest BCUT2D eigenvalue weighted by molar-refractivity contribution is 9.10. The molecule has 114 valence electrons. The number of hydrogen-bond donors (Lipinski definition) is 1. The minimum Gasteiger partial charge on any atom is -0.370 e. The van der Waals surface area contributed by atoms with Crippen molar-refractivity contribution in [2.24, 2.45) is 0 Å². The molecule has 0 aromatic heterocycles. The lowest BCUT2D eigenvalue weighted by Gasteiger charge is -2.19. The van der Waals surface area contributed by atoms with Crippen LogP contribution in [-0.4, -0.2) is 19.0 Å². The quantitative estimate of drug-likeness (QED) is 0.890. The van der Waals surface area contributed by atoms with E-state index in [1.807, 2.05) is 25.1 Å². The van der Waals surface area contributed by atoms with Crippen LogP contribution in [0.2, 0.25) is 0 Å². The lowest BCUT2D eigenvalue weighted by molar-refractivity contribution is -0.116. The third-order valence-electron chi connectivity index (χ3n) is 4.05. The van der Waals surface area contributed by atoms with Gasteiger partial charge in [0.05, 0.1) is 0 Å². The van der Waals surface area contributed by atoms with Crippen molar-refractivity contribution in [2.75, 3.05) is 23.3 Å². The average Bonchev–Trinajstić information content (AvgIpc) is 2.91. The first-order valence-corrected chi connectivity index (χ1v) is 8.31. The van der Waals surface area contributed by atoms with Gasteiger partial charge < -0.3 is 10.2 Å². The predicted octanol–water partition coefficient (Wildman–Crippen LogP) is 4.15. The Bertz CT molecular complexity index is 699. The van der Waals surface area contributed by atoms with Gasteiger partial charge in [-0.1, -0.05) is 34.1 Å². The van der Waals surface area contributed by atoms with Crippen LogP contribution in [0.4, 0.5) is 11.4 Å². The highest BCUT2D eigenvalue weighted by Crippen LogP contribution is 2.27. The molecule has 4 heteroatoms. The second kappa shape index (κ2) is 6.53. The maximum absolute atomic E-state index is 12.2. The first-order chi connectivity index (χ1) is 10.6. The number of anilines is 2. The minimum atomic E-state index is 0.0646. The van der Waals surface area contributed by atoms with E-state index in [4.69, 9.17) is 0 Å². The van der Waals surface area contributed by atoms with Crippen LogP contribution >= 0.6 is 15.9 Å². The summed E-state index contributed by atoms with van der Waals surface area (Å²) in [6.45, 7) is 3.76. The molecule has 1 amide bonds. The Labute approximate surface area is 139 Å². The summed E-state index contributed by atoms with van der Waals surface area (Å²) < 4.78 is 1.02. The maximum Gasteiger partial charge on any atom is 0.226 e. The van der Waals surface area contributed by atoms with Crippen LogP contribution in [0, 0.1) is 6.92 Å². The molecule has 0 bridgehead atoms. The number of halogens is 1. The average molecular weight is 359 g/mol. The number of benzene rings is 2. The zero-order chi connectivity index (χ0) is 15.5. The topological polar surface area (TPSA) is 32.3 Å². The molecule has 1 N–H and O–H groups in total. The summed E-state index contributed by atoms with van der Waals surface area (Å²) in [5.41, 5.74) is 4.60. The van der Waals surface area contributed by atoms with E-state index in [9.17, 15) is 4.79 Å². The van der Waals surface area contributed by atoms with Crippen molar-refractivity contribution in [1.82, 2.24) is 0 Å². The lowest BCUT2D eigenvalue weighted by Crippen LogP contribution is -2.26. The van der Waals surface area contributed by atoms with Crippen LogP contribution in [0.25, 0.3) is 0 Å². The van der Waals surface area contributed by atoms with E-state index in [2.05, 4.69) is 50.4 Å². The standard InChI is InChI=1S/C18H19BrN2O/c1-13-12-15(19)6-7-16(13)20-18(22)9-11-21-10-8-14-4-2-3-5-17(14)21/h2-7,12H,8-11H2,1H3,(H,20,22). The van der Waals surface area contributed by atoms with Gasteiger partial charge in [-0.15, -0.1) is 0 Å². The Morgan fingerprint density at radius 2 is 2.09 bits per heavy atom. The van der Waals surface area contributed by atoms with E-state index in [0.717, 1.165) is 35.2 Å². The summed E-state index contributed by atoms with van der Waals surface area (Å²) in [5.74, 6) is 0.0646. The Kier molecular flexibility index (Phi) is 4.48. The van der Waals surface area contributed by atoms with E-state index in [1.54, 1.807) is 0 Å². The Balaban J connectivity index is 1.57. The molecule has 3 nitrogen and oxygen atoms in total. The molecule has 0 atom stereocenters. The fourth-order valence-corrected chi connectivity index (χ4v) is 3.33. The second-order valence-corrected chi connectivity index (χ2v) is 6.54. The van der Waals surface area contributed by atoms with Crippen molar-refractivity contribution >= 4 is 33.2 Å². The molecule has 3 rings (SSSR count). The molecule has 0 aliphatic carbocycles. The van der Waals surface area contributed by atoms with Crippen molar-refractivity contribution in [2.45, 2.75) is 19.8 Å². The van der Waals surface area contributed by atoms with Crippen molar-refractivity contribution in [1.29, 1.82) is 0 Å². The normalized spacial score (nSPS) is 13.1. The van der Waals surface area contributed by atoms with Gasteiger partial charge in [0.2, 0.25) is 5.91 Å². The molecular formula is C18H19BrN2O. The number of nitrogens with one attached hydrogen (secondary N) is 1. The van der Waals surface area contributed by atoms with E-state index < -0.39 is 0 Å². The predicted molar refractivity (Wildman–Crippen MR) is 94.5 cm³/mol. The number of nitrogens with zero attached hydrogens (tertiary/aromatic N) is 1. The number of aryl methyl sites for hydroxylation is 1. The van der Waals surface area contributed by atoms with E-state index in [0.29, 0.717) is 6.42 Å². The van der Waals surface area contributed by atoms with Gasteiger partial charge in [0, 0.05) is 35.4 Å². The number of carbonyl (C=O) groups is 1. The van der Waals surface area contributed by atoms with Crippen LogP contribution in [0.1, 0.15) is 17.5 Å². The molecule has 2 aromatic rings. The van der Waals surface area contributed by atoms with E-state index >= 15 is 0 Å². The molecule has 2 aromatic carbocycles. The van der Waals surface area contributed by atoms with Crippen molar-refractivity contribution in [3.8, 4) is 0 Å². The molecule has 1 aliphatic heterocycles. The third-order valence-corrected chi connectivity index (χ3v) is 4.55. The van der Waals surface area contributed by atoms with Gasteiger partial charge >= 0.3 is 0 Å². The molecule has 0 saturated carbocycles. The van der Waals surface area contributed by atoms with Crippen molar-refractivity contribution < 1.29 is 4.79 Å². The molecule has 0 saturated heterocycles. The number of rotatable bonds is 4. The first-order valence-electron chi connectivity index (χ1n) is 7.52. The Hall–Kier alpha value is -1.81. The van der Waals surface area contributed by atoms with Crippen LogP contribution in [-0.2, 0) is 11.2 Å². The number of amides is 1. The van der Waals surface area contributed by atoms with E-state index in [1.165, 1.54) is 11.3 Å². The minimum absolute atomic E-state index is 0.0646. The van der Waals surface area contributed by atoms with Crippen LogP contribution in [0.15, 0.2) is 46.9 Å². The van der Waals surface area contributed by atoms with Crippen molar-refractivity contribution in [3.05, 3.63) is 58.1 Å².